The van der Waals surface area contributed by atoms with Crippen LogP contribution in [0.1, 0.15) is 117 Å². The first kappa shape index (κ1) is 20.0. The average molecular weight is 284 g/mol. The minimum atomic E-state index is 0.472. The molecule has 0 saturated carbocycles. The molecule has 2 N–H and O–H groups in total. The topological polar surface area (TPSA) is 26.0 Å². The van der Waals surface area contributed by atoms with Crippen molar-refractivity contribution in [2.45, 2.75) is 123 Å². The number of hydrogen-bond acceptors (Lipinski definition) is 1. The summed E-state index contributed by atoms with van der Waals surface area (Å²) in [6, 6.07) is 0.472. The van der Waals surface area contributed by atoms with Crippen molar-refractivity contribution in [3.05, 3.63) is 0 Å². The maximum absolute atomic E-state index is 6.13. The van der Waals surface area contributed by atoms with Crippen LogP contribution in [0.4, 0.5) is 0 Å². The van der Waals surface area contributed by atoms with Gasteiger partial charge in [0.15, 0.2) is 0 Å². The van der Waals surface area contributed by atoms with Crippen molar-refractivity contribution in [3.8, 4) is 0 Å². The highest BCUT2D eigenvalue weighted by atomic mass is 14.6. The Morgan fingerprint density at radius 1 is 0.500 bits per heavy atom. The molecule has 0 fully saturated rings. The maximum Gasteiger partial charge on any atom is 0.00388 e. The van der Waals surface area contributed by atoms with Gasteiger partial charge in [-0.05, 0) is 12.8 Å². The second kappa shape index (κ2) is 17.0. The van der Waals surface area contributed by atoms with Gasteiger partial charge in [-0.1, -0.05) is 104 Å². The Morgan fingerprint density at radius 2 is 0.800 bits per heavy atom. The second-order valence-electron chi connectivity index (χ2n) is 6.58. The van der Waals surface area contributed by atoms with Gasteiger partial charge in [-0.25, -0.2) is 0 Å². The van der Waals surface area contributed by atoms with Crippen LogP contribution in [0.15, 0.2) is 0 Å². The van der Waals surface area contributed by atoms with E-state index in [4.69, 9.17) is 5.73 Å². The van der Waals surface area contributed by atoms with Crippen molar-refractivity contribution in [3.63, 3.8) is 0 Å². The van der Waals surface area contributed by atoms with Gasteiger partial charge in [0.2, 0.25) is 0 Å². The molecule has 0 aromatic heterocycles. The Bertz CT molecular complexity index is 167. The van der Waals surface area contributed by atoms with Gasteiger partial charge in [0.1, 0.15) is 0 Å². The Hall–Kier alpha value is -0.0400. The molecule has 0 rings (SSSR count). The van der Waals surface area contributed by atoms with Crippen molar-refractivity contribution >= 4 is 0 Å². The van der Waals surface area contributed by atoms with Crippen LogP contribution in [0.3, 0.4) is 0 Å². The molecule has 1 atom stereocenters. The minimum Gasteiger partial charge on any atom is -0.328 e. The van der Waals surface area contributed by atoms with Gasteiger partial charge < -0.3 is 5.73 Å². The van der Waals surface area contributed by atoms with Gasteiger partial charge in [0.05, 0.1) is 0 Å². The second-order valence-corrected chi connectivity index (χ2v) is 6.58. The summed E-state index contributed by atoms with van der Waals surface area (Å²) in [5.41, 5.74) is 6.13. The molecule has 0 aliphatic heterocycles. The molecule has 0 bridgehead atoms. The van der Waals surface area contributed by atoms with Crippen molar-refractivity contribution in [2.24, 2.45) is 5.73 Å². The van der Waals surface area contributed by atoms with Crippen LogP contribution in [-0.4, -0.2) is 6.04 Å². The molecule has 0 aliphatic carbocycles. The molecule has 20 heavy (non-hydrogen) atoms. The molecule has 0 aromatic carbocycles. The first-order chi connectivity index (χ1) is 9.81. The van der Waals surface area contributed by atoms with Gasteiger partial charge in [-0.2, -0.15) is 0 Å². The molecule has 0 aliphatic rings. The molecular formula is C19H41N. The van der Waals surface area contributed by atoms with Crippen LogP contribution in [0, 0.1) is 0 Å². The quantitative estimate of drug-likeness (QED) is 0.317. The van der Waals surface area contributed by atoms with E-state index in [1.165, 1.54) is 103 Å². The molecule has 0 spiro atoms. The van der Waals surface area contributed by atoms with Gasteiger partial charge >= 0.3 is 0 Å². The van der Waals surface area contributed by atoms with Crippen molar-refractivity contribution in [1.82, 2.24) is 0 Å². The molecule has 0 saturated heterocycles. The molecular weight excluding hydrogens is 242 g/mol. The third-order valence-corrected chi connectivity index (χ3v) is 4.36. The SMILES string of the molecule is CCCCCCCCCCCCCC(N)CCCCC. The van der Waals surface area contributed by atoms with Gasteiger partial charge in [0.25, 0.3) is 0 Å². The summed E-state index contributed by atoms with van der Waals surface area (Å²) in [7, 11) is 0. The van der Waals surface area contributed by atoms with Crippen LogP contribution < -0.4 is 5.73 Å². The highest BCUT2D eigenvalue weighted by molar-refractivity contribution is 4.61. The van der Waals surface area contributed by atoms with Gasteiger partial charge in [-0.3, -0.25) is 0 Å². The molecule has 0 amide bonds. The summed E-state index contributed by atoms with van der Waals surface area (Å²) < 4.78 is 0. The van der Waals surface area contributed by atoms with E-state index >= 15 is 0 Å². The summed E-state index contributed by atoms with van der Waals surface area (Å²) in [6.45, 7) is 4.55. The smallest absolute Gasteiger partial charge is 0.00388 e. The number of nitrogens with two attached hydrogens (primary N) is 1. The zero-order valence-electron chi connectivity index (χ0n) is 14.5. The predicted molar refractivity (Wildman–Crippen MR) is 93.2 cm³/mol. The van der Waals surface area contributed by atoms with Crippen LogP contribution in [0.2, 0.25) is 0 Å². The lowest BCUT2D eigenvalue weighted by Crippen LogP contribution is -2.19. The Balaban J connectivity index is 3.05. The first-order valence-electron chi connectivity index (χ1n) is 9.56. The van der Waals surface area contributed by atoms with E-state index in [1.54, 1.807) is 0 Å². The first-order valence-corrected chi connectivity index (χ1v) is 9.56. The summed E-state index contributed by atoms with van der Waals surface area (Å²) in [6.07, 6.45) is 22.2. The van der Waals surface area contributed by atoms with E-state index in [9.17, 15) is 0 Å². The zero-order chi connectivity index (χ0) is 14.9. The van der Waals surface area contributed by atoms with Crippen LogP contribution in [0.5, 0.6) is 0 Å². The fraction of sp³-hybridized carbons (Fsp3) is 1.00. The Labute approximate surface area is 129 Å². The lowest BCUT2D eigenvalue weighted by molar-refractivity contribution is 0.488. The van der Waals surface area contributed by atoms with Crippen molar-refractivity contribution < 1.29 is 0 Å². The van der Waals surface area contributed by atoms with Crippen LogP contribution in [-0.2, 0) is 0 Å². The summed E-state index contributed by atoms with van der Waals surface area (Å²) in [5.74, 6) is 0. The van der Waals surface area contributed by atoms with Crippen molar-refractivity contribution in [2.75, 3.05) is 0 Å². The molecule has 122 valence electrons. The van der Waals surface area contributed by atoms with Crippen molar-refractivity contribution in [1.29, 1.82) is 0 Å². The standard InChI is InChI=1S/C19H41N/c1-3-5-7-8-9-10-11-12-13-14-16-18-19(20)17-15-6-4-2/h19H,3-18,20H2,1-2H3. The maximum atomic E-state index is 6.13. The van der Waals surface area contributed by atoms with E-state index < -0.39 is 0 Å². The van der Waals surface area contributed by atoms with Gasteiger partial charge in [-0.15, -0.1) is 0 Å². The average Bonchev–Trinajstić information content (AvgIpc) is 2.45. The van der Waals surface area contributed by atoms with Crippen LogP contribution >= 0.6 is 0 Å². The molecule has 1 unspecified atom stereocenters. The number of unbranched alkanes of at least 4 members (excludes halogenated alkanes) is 12. The Kier molecular flexibility index (Phi) is 17.0. The highest BCUT2D eigenvalue weighted by Gasteiger charge is 2.01. The fourth-order valence-corrected chi connectivity index (χ4v) is 2.87. The van der Waals surface area contributed by atoms with Gasteiger partial charge in [0, 0.05) is 6.04 Å². The minimum absolute atomic E-state index is 0.472. The monoisotopic (exact) mass is 283 g/mol. The molecule has 1 nitrogen and oxygen atoms in total. The van der Waals surface area contributed by atoms with E-state index in [2.05, 4.69) is 13.8 Å². The predicted octanol–water partition coefficient (Wildman–Crippen LogP) is 6.60. The molecule has 1 heteroatoms. The van der Waals surface area contributed by atoms with E-state index in [-0.39, 0.29) is 0 Å². The fourth-order valence-electron chi connectivity index (χ4n) is 2.87. The normalized spacial score (nSPS) is 12.8. The number of hydrogen-bond donors (Lipinski definition) is 1. The molecule has 0 heterocycles. The van der Waals surface area contributed by atoms with Crippen LogP contribution in [0.25, 0.3) is 0 Å². The Morgan fingerprint density at radius 3 is 1.25 bits per heavy atom. The molecule has 0 radical (unpaired) electrons. The largest absolute Gasteiger partial charge is 0.328 e. The third kappa shape index (κ3) is 16.0. The number of rotatable bonds is 16. The summed E-state index contributed by atoms with van der Waals surface area (Å²) in [5, 5.41) is 0. The van der Waals surface area contributed by atoms with E-state index in [0.29, 0.717) is 6.04 Å². The zero-order valence-corrected chi connectivity index (χ0v) is 14.5. The summed E-state index contributed by atoms with van der Waals surface area (Å²) >= 11 is 0. The lowest BCUT2D eigenvalue weighted by Gasteiger charge is -2.10. The lowest BCUT2D eigenvalue weighted by atomic mass is 10.0. The van der Waals surface area contributed by atoms with E-state index in [1.807, 2.05) is 0 Å². The van der Waals surface area contributed by atoms with E-state index in [0.717, 1.165) is 0 Å². The third-order valence-electron chi connectivity index (χ3n) is 4.36. The summed E-state index contributed by atoms with van der Waals surface area (Å²) in [4.78, 5) is 0. The molecule has 0 aromatic rings. The highest BCUT2D eigenvalue weighted by Crippen LogP contribution is 2.13.